The molecule has 5 rings (SSSR count). The molecule has 0 amide bonds. The van der Waals surface area contributed by atoms with Crippen LogP contribution < -0.4 is 11.2 Å². The second-order valence-corrected chi connectivity index (χ2v) is 13.5. The van der Waals surface area contributed by atoms with Crippen LogP contribution in [0.3, 0.4) is 0 Å². The first-order chi connectivity index (χ1) is 19.2. The van der Waals surface area contributed by atoms with Gasteiger partial charge in [0.15, 0.2) is 6.23 Å². The van der Waals surface area contributed by atoms with Crippen LogP contribution in [0.2, 0.25) is 0 Å². The van der Waals surface area contributed by atoms with Gasteiger partial charge in [-0.2, -0.15) is 0 Å². The normalized spacial score (nSPS) is 19.7. The van der Waals surface area contributed by atoms with Gasteiger partial charge in [-0.15, -0.1) is 0 Å². The molecule has 0 bridgehead atoms. The fourth-order valence-corrected chi connectivity index (χ4v) is 6.04. The van der Waals surface area contributed by atoms with Gasteiger partial charge in [-0.25, -0.2) is 4.79 Å². The lowest BCUT2D eigenvalue weighted by Crippen LogP contribution is -2.58. The minimum absolute atomic E-state index is 0.0458. The van der Waals surface area contributed by atoms with Gasteiger partial charge in [-0.1, -0.05) is 91.0 Å². The van der Waals surface area contributed by atoms with Crippen LogP contribution in [0.4, 0.5) is 0 Å². The number of ether oxygens (including phenoxy) is 1. The lowest BCUT2D eigenvalue weighted by Gasteiger charge is -2.50. The summed E-state index contributed by atoms with van der Waals surface area (Å²) in [4.78, 5) is 29.8. The number of hydrogen-bond donors (Lipinski definition) is 1. The van der Waals surface area contributed by atoms with Crippen molar-refractivity contribution in [2.45, 2.75) is 24.8 Å². The van der Waals surface area contributed by atoms with Crippen LogP contribution in [-0.4, -0.2) is 46.9 Å². The van der Waals surface area contributed by atoms with Crippen molar-refractivity contribution in [3.63, 3.8) is 0 Å². The van der Waals surface area contributed by atoms with Crippen molar-refractivity contribution in [3.05, 3.63) is 140 Å². The molecular formula is C30H31ClN3O5P. The SMILES string of the molecule is Cc1cn(C2CN(C(c3ccccc3)(c3ccccc3)c3ccccc3)CC(COP(C)(=O)Cl)O2)c(=O)[nH]c1=O. The number of rotatable bonds is 8. The van der Waals surface area contributed by atoms with Gasteiger partial charge in [-0.3, -0.25) is 23.8 Å². The number of morpholine rings is 1. The molecule has 8 nitrogen and oxygen atoms in total. The molecule has 3 atom stereocenters. The number of hydrogen-bond acceptors (Lipinski definition) is 6. The zero-order valence-corrected chi connectivity index (χ0v) is 23.9. The summed E-state index contributed by atoms with van der Waals surface area (Å²) in [5.41, 5.74) is 1.64. The molecule has 10 heteroatoms. The number of halogens is 1. The van der Waals surface area contributed by atoms with Gasteiger partial charge in [0.2, 0.25) is 0 Å². The molecule has 2 heterocycles. The Morgan fingerprint density at radius 2 is 1.43 bits per heavy atom. The largest absolute Gasteiger partial charge is 0.350 e. The van der Waals surface area contributed by atoms with Crippen molar-refractivity contribution in [1.29, 1.82) is 0 Å². The molecule has 0 spiro atoms. The number of H-pyrrole nitrogens is 1. The van der Waals surface area contributed by atoms with Gasteiger partial charge in [0, 0.05) is 31.5 Å². The number of benzene rings is 3. The number of nitrogens with zero attached hydrogens (tertiary/aromatic N) is 2. The Morgan fingerprint density at radius 3 is 1.90 bits per heavy atom. The third kappa shape index (κ3) is 5.78. The highest BCUT2D eigenvalue weighted by molar-refractivity contribution is 7.84. The maximum atomic E-state index is 13.0. The van der Waals surface area contributed by atoms with E-state index in [4.69, 9.17) is 20.5 Å². The second-order valence-electron chi connectivity index (χ2n) is 9.95. The van der Waals surface area contributed by atoms with E-state index in [9.17, 15) is 14.2 Å². The number of aromatic nitrogens is 2. The number of aromatic amines is 1. The molecule has 0 radical (unpaired) electrons. The molecule has 0 aliphatic carbocycles. The molecule has 1 N–H and O–H groups in total. The van der Waals surface area contributed by atoms with Crippen LogP contribution in [0.15, 0.2) is 107 Å². The standard InChI is InChI=1S/C30H31ClN3O5P/c1-22-18-34(29(36)32-28(22)35)27-20-33(19-26(39-27)21-38-40(2,31)37)30(23-12-6-3-7-13-23,24-14-8-4-9-15-24)25-16-10-5-11-17-25/h3-18,26-27H,19-21H2,1-2H3,(H,32,35,36). The highest BCUT2D eigenvalue weighted by atomic mass is 35.7. The maximum Gasteiger partial charge on any atom is 0.330 e. The van der Waals surface area contributed by atoms with E-state index in [0.29, 0.717) is 18.7 Å². The lowest BCUT2D eigenvalue weighted by molar-refractivity contribution is -0.148. The molecule has 3 unspecified atom stereocenters. The molecular weight excluding hydrogens is 549 g/mol. The zero-order valence-electron chi connectivity index (χ0n) is 22.3. The van der Waals surface area contributed by atoms with Crippen molar-refractivity contribution < 1.29 is 13.8 Å². The van der Waals surface area contributed by atoms with Crippen LogP contribution in [-0.2, 0) is 19.4 Å². The van der Waals surface area contributed by atoms with Crippen LogP contribution in [0.25, 0.3) is 0 Å². The highest BCUT2D eigenvalue weighted by Crippen LogP contribution is 2.49. The van der Waals surface area contributed by atoms with Crippen LogP contribution in [0.1, 0.15) is 28.5 Å². The smallest absolute Gasteiger partial charge is 0.330 e. The van der Waals surface area contributed by atoms with E-state index < -0.39 is 35.8 Å². The minimum Gasteiger partial charge on any atom is -0.350 e. The summed E-state index contributed by atoms with van der Waals surface area (Å²) in [6.45, 7) is 0.280. The molecule has 1 aromatic heterocycles. The maximum absolute atomic E-state index is 13.0. The first-order valence-corrected chi connectivity index (χ1v) is 16.0. The van der Waals surface area contributed by atoms with Crippen LogP contribution in [0, 0.1) is 6.92 Å². The van der Waals surface area contributed by atoms with E-state index in [2.05, 4.69) is 46.3 Å². The average Bonchev–Trinajstić information content (AvgIpc) is 2.96. The molecule has 1 fully saturated rings. The van der Waals surface area contributed by atoms with Crippen molar-refractivity contribution in [3.8, 4) is 0 Å². The predicted octanol–water partition coefficient (Wildman–Crippen LogP) is 5.11. The Hall–Kier alpha value is -3.26. The molecule has 40 heavy (non-hydrogen) atoms. The quantitative estimate of drug-likeness (QED) is 0.230. The third-order valence-electron chi connectivity index (χ3n) is 7.15. The average molecular weight is 580 g/mol. The molecule has 208 valence electrons. The molecule has 1 aliphatic heterocycles. The topological polar surface area (TPSA) is 93.6 Å². The van der Waals surface area contributed by atoms with E-state index in [1.165, 1.54) is 17.4 Å². The number of aryl methyl sites for hydroxylation is 1. The summed E-state index contributed by atoms with van der Waals surface area (Å²) in [6, 6.07) is 30.5. The highest BCUT2D eigenvalue weighted by Gasteiger charge is 2.46. The van der Waals surface area contributed by atoms with Gasteiger partial charge in [0.25, 0.3) is 12.3 Å². The minimum atomic E-state index is -3.32. The van der Waals surface area contributed by atoms with E-state index in [1.807, 2.05) is 54.6 Å². The first-order valence-electron chi connectivity index (χ1n) is 13.0. The van der Waals surface area contributed by atoms with Crippen molar-refractivity contribution in [2.75, 3.05) is 26.4 Å². The predicted molar refractivity (Wildman–Crippen MR) is 156 cm³/mol. The Kier molecular flexibility index (Phi) is 8.26. The Labute approximate surface area is 237 Å². The Morgan fingerprint density at radius 1 is 0.925 bits per heavy atom. The summed E-state index contributed by atoms with van der Waals surface area (Å²) in [7, 11) is 0. The van der Waals surface area contributed by atoms with Crippen molar-refractivity contribution in [2.24, 2.45) is 0 Å². The fraction of sp³-hybridized carbons (Fsp3) is 0.267. The Bertz CT molecular complexity index is 1510. The molecule has 1 saturated heterocycles. The monoisotopic (exact) mass is 579 g/mol. The van der Waals surface area contributed by atoms with Gasteiger partial charge >= 0.3 is 5.69 Å². The Balaban J connectivity index is 1.72. The van der Waals surface area contributed by atoms with Gasteiger partial charge in [0.1, 0.15) is 0 Å². The van der Waals surface area contributed by atoms with Crippen LogP contribution >= 0.6 is 18.0 Å². The summed E-state index contributed by atoms with van der Waals surface area (Å²) in [5, 5.41) is 0. The summed E-state index contributed by atoms with van der Waals surface area (Å²) >= 11 is 5.95. The van der Waals surface area contributed by atoms with E-state index in [1.54, 1.807) is 6.92 Å². The van der Waals surface area contributed by atoms with Crippen molar-refractivity contribution in [1.82, 2.24) is 14.5 Å². The summed E-state index contributed by atoms with van der Waals surface area (Å²) in [5.74, 6) is 0. The van der Waals surface area contributed by atoms with Gasteiger partial charge < -0.3 is 9.26 Å². The van der Waals surface area contributed by atoms with Gasteiger partial charge in [0.05, 0.1) is 18.2 Å². The van der Waals surface area contributed by atoms with E-state index in [0.717, 1.165) is 16.7 Å². The first kappa shape index (κ1) is 28.3. The lowest BCUT2D eigenvalue weighted by atomic mass is 9.75. The van der Waals surface area contributed by atoms with Crippen molar-refractivity contribution >= 4 is 18.0 Å². The number of nitrogens with one attached hydrogen (secondary N) is 1. The fourth-order valence-electron chi connectivity index (χ4n) is 5.44. The van der Waals surface area contributed by atoms with Gasteiger partial charge in [-0.05, 0) is 34.9 Å². The van der Waals surface area contributed by atoms with E-state index >= 15 is 0 Å². The molecule has 3 aromatic carbocycles. The molecule has 4 aromatic rings. The molecule has 0 saturated carbocycles. The van der Waals surface area contributed by atoms with Crippen LogP contribution in [0.5, 0.6) is 0 Å². The summed E-state index contributed by atoms with van der Waals surface area (Å²) in [6.07, 6.45) is 0.127. The van der Waals surface area contributed by atoms with E-state index in [-0.39, 0.29) is 6.61 Å². The summed E-state index contributed by atoms with van der Waals surface area (Å²) < 4.78 is 25.6. The third-order valence-corrected chi connectivity index (χ3v) is 8.05. The molecule has 1 aliphatic rings. The zero-order chi connectivity index (χ0) is 28.3. The second kappa shape index (κ2) is 11.7.